The summed E-state index contributed by atoms with van der Waals surface area (Å²) in [5, 5.41) is 4.08. The van der Waals surface area contributed by atoms with E-state index in [1.165, 1.54) is 17.1 Å². The molecule has 0 bridgehead atoms. The highest BCUT2D eigenvalue weighted by Gasteiger charge is 2.27. The SMILES string of the molecule is O=C(NCCCN1CCOCC1)C1CCCN(c2nc(Cc3ccccc3)ns2)C1. The predicted octanol–water partition coefficient (Wildman–Crippen LogP) is 2.18. The fourth-order valence-corrected chi connectivity index (χ4v) is 4.79. The summed E-state index contributed by atoms with van der Waals surface area (Å²) >= 11 is 1.44. The van der Waals surface area contributed by atoms with Crippen LogP contribution in [0, 0.1) is 5.92 Å². The minimum absolute atomic E-state index is 0.0311. The molecule has 1 amide bonds. The first-order valence-electron chi connectivity index (χ1n) is 11.0. The molecule has 0 saturated carbocycles. The van der Waals surface area contributed by atoms with E-state index in [0.29, 0.717) is 0 Å². The van der Waals surface area contributed by atoms with Crippen molar-refractivity contribution in [3.63, 3.8) is 0 Å². The van der Waals surface area contributed by atoms with Crippen molar-refractivity contribution >= 4 is 22.6 Å². The molecule has 2 fully saturated rings. The Morgan fingerprint density at radius 2 is 2.03 bits per heavy atom. The van der Waals surface area contributed by atoms with Crippen LogP contribution < -0.4 is 10.2 Å². The molecule has 2 aliphatic heterocycles. The summed E-state index contributed by atoms with van der Waals surface area (Å²) in [5.74, 6) is 1.06. The van der Waals surface area contributed by atoms with Crippen LogP contribution in [-0.2, 0) is 16.0 Å². The average Bonchev–Trinajstić information content (AvgIpc) is 3.26. The molecule has 2 aliphatic rings. The van der Waals surface area contributed by atoms with E-state index >= 15 is 0 Å². The Balaban J connectivity index is 1.22. The number of anilines is 1. The third-order valence-corrected chi connectivity index (χ3v) is 6.59. The molecule has 1 aromatic heterocycles. The highest BCUT2D eigenvalue weighted by molar-refractivity contribution is 7.09. The van der Waals surface area contributed by atoms with E-state index in [2.05, 4.69) is 31.6 Å². The van der Waals surface area contributed by atoms with Gasteiger partial charge in [0.2, 0.25) is 11.0 Å². The van der Waals surface area contributed by atoms with E-state index in [0.717, 1.165) is 89.1 Å². The second-order valence-electron chi connectivity index (χ2n) is 8.04. The van der Waals surface area contributed by atoms with Crippen LogP contribution in [0.5, 0.6) is 0 Å². The van der Waals surface area contributed by atoms with Crippen molar-refractivity contribution in [1.82, 2.24) is 19.6 Å². The molecule has 30 heavy (non-hydrogen) atoms. The number of nitrogens with zero attached hydrogens (tertiary/aromatic N) is 4. The van der Waals surface area contributed by atoms with Crippen LogP contribution >= 0.6 is 11.5 Å². The number of piperidine rings is 1. The molecule has 1 aromatic carbocycles. The summed E-state index contributed by atoms with van der Waals surface area (Å²) in [6, 6.07) is 10.3. The van der Waals surface area contributed by atoms with Gasteiger partial charge in [-0.25, -0.2) is 4.98 Å². The number of amides is 1. The van der Waals surface area contributed by atoms with Gasteiger partial charge in [-0.2, -0.15) is 4.37 Å². The molecule has 8 heteroatoms. The number of carbonyl (C=O) groups excluding carboxylic acids is 1. The lowest BCUT2D eigenvalue weighted by atomic mass is 9.97. The molecule has 1 N–H and O–H groups in total. The third-order valence-electron chi connectivity index (χ3n) is 5.78. The molecule has 2 aromatic rings. The first-order chi connectivity index (χ1) is 14.8. The molecule has 1 atom stereocenters. The van der Waals surface area contributed by atoms with Gasteiger partial charge >= 0.3 is 0 Å². The van der Waals surface area contributed by atoms with E-state index in [1.54, 1.807) is 0 Å². The number of ether oxygens (including phenoxy) is 1. The molecule has 1 unspecified atom stereocenters. The Morgan fingerprint density at radius 3 is 2.87 bits per heavy atom. The zero-order valence-corrected chi connectivity index (χ0v) is 18.3. The van der Waals surface area contributed by atoms with Gasteiger partial charge in [-0.3, -0.25) is 9.69 Å². The van der Waals surface area contributed by atoms with E-state index in [1.807, 2.05) is 18.2 Å². The van der Waals surface area contributed by atoms with E-state index < -0.39 is 0 Å². The Morgan fingerprint density at radius 1 is 1.20 bits per heavy atom. The first kappa shape index (κ1) is 21.2. The topological polar surface area (TPSA) is 70.6 Å². The Kier molecular flexibility index (Phi) is 7.66. The highest BCUT2D eigenvalue weighted by atomic mass is 32.1. The van der Waals surface area contributed by atoms with E-state index in [9.17, 15) is 4.79 Å². The van der Waals surface area contributed by atoms with Gasteiger partial charge in [0, 0.05) is 50.7 Å². The van der Waals surface area contributed by atoms with Gasteiger partial charge < -0.3 is 15.0 Å². The monoisotopic (exact) mass is 429 g/mol. The minimum atomic E-state index is 0.0311. The lowest BCUT2D eigenvalue weighted by Crippen LogP contribution is -2.44. The van der Waals surface area contributed by atoms with Crippen molar-refractivity contribution in [3.8, 4) is 0 Å². The van der Waals surface area contributed by atoms with Crippen molar-refractivity contribution in [2.75, 3.05) is 57.4 Å². The van der Waals surface area contributed by atoms with Crippen LogP contribution in [0.1, 0.15) is 30.7 Å². The summed E-state index contributed by atoms with van der Waals surface area (Å²) < 4.78 is 9.91. The fraction of sp³-hybridized carbons (Fsp3) is 0.591. The zero-order valence-electron chi connectivity index (χ0n) is 17.5. The zero-order chi connectivity index (χ0) is 20.6. The van der Waals surface area contributed by atoms with Gasteiger partial charge in [-0.15, -0.1) is 0 Å². The van der Waals surface area contributed by atoms with Gasteiger partial charge in [-0.05, 0) is 31.4 Å². The Bertz CT molecular complexity index is 794. The minimum Gasteiger partial charge on any atom is -0.379 e. The van der Waals surface area contributed by atoms with Gasteiger partial charge in [0.15, 0.2) is 0 Å². The number of rotatable bonds is 8. The molecule has 162 valence electrons. The molecule has 4 rings (SSSR count). The molecular formula is C22H31N5O2S. The highest BCUT2D eigenvalue weighted by Crippen LogP contribution is 2.25. The first-order valence-corrected chi connectivity index (χ1v) is 11.7. The standard InChI is InChI=1S/C22H31N5O2S/c28-21(23-9-5-10-26-12-14-29-15-13-26)19-8-4-11-27(17-19)22-24-20(25-30-22)16-18-6-2-1-3-7-18/h1-3,6-7,19H,4-5,8-17H2,(H,23,28). The number of carbonyl (C=O) groups is 1. The molecule has 2 saturated heterocycles. The quantitative estimate of drug-likeness (QED) is 0.649. The smallest absolute Gasteiger partial charge is 0.224 e. The maximum absolute atomic E-state index is 12.7. The summed E-state index contributed by atoms with van der Waals surface area (Å²) in [7, 11) is 0. The van der Waals surface area contributed by atoms with Crippen LogP contribution in [0.4, 0.5) is 5.13 Å². The number of aromatic nitrogens is 2. The average molecular weight is 430 g/mol. The second-order valence-corrected chi connectivity index (χ2v) is 8.77. The van der Waals surface area contributed by atoms with Crippen LogP contribution in [0.2, 0.25) is 0 Å². The van der Waals surface area contributed by atoms with Crippen molar-refractivity contribution < 1.29 is 9.53 Å². The number of nitrogens with one attached hydrogen (secondary N) is 1. The Labute approximate surface area is 182 Å². The van der Waals surface area contributed by atoms with Gasteiger partial charge in [0.25, 0.3) is 0 Å². The lowest BCUT2D eigenvalue weighted by Gasteiger charge is -2.31. The van der Waals surface area contributed by atoms with Crippen molar-refractivity contribution in [2.45, 2.75) is 25.7 Å². The van der Waals surface area contributed by atoms with Gasteiger partial charge in [-0.1, -0.05) is 30.3 Å². The van der Waals surface area contributed by atoms with Crippen LogP contribution in [0.3, 0.4) is 0 Å². The third kappa shape index (κ3) is 6.00. The normalized spacial score (nSPS) is 20.3. The maximum atomic E-state index is 12.7. The predicted molar refractivity (Wildman–Crippen MR) is 119 cm³/mol. The van der Waals surface area contributed by atoms with Crippen molar-refractivity contribution in [2.24, 2.45) is 5.92 Å². The maximum Gasteiger partial charge on any atom is 0.224 e. The van der Waals surface area contributed by atoms with Crippen LogP contribution in [0.25, 0.3) is 0 Å². The van der Waals surface area contributed by atoms with Crippen LogP contribution in [-0.4, -0.2) is 72.6 Å². The summed E-state index contributed by atoms with van der Waals surface area (Å²) in [5.41, 5.74) is 1.22. The van der Waals surface area contributed by atoms with Crippen molar-refractivity contribution in [1.29, 1.82) is 0 Å². The van der Waals surface area contributed by atoms with Crippen LogP contribution in [0.15, 0.2) is 30.3 Å². The molecule has 0 spiro atoms. The summed E-state index contributed by atoms with van der Waals surface area (Å²) in [4.78, 5) is 22.0. The lowest BCUT2D eigenvalue weighted by molar-refractivity contribution is -0.125. The van der Waals surface area contributed by atoms with Gasteiger partial charge in [0.05, 0.1) is 19.1 Å². The molecule has 3 heterocycles. The van der Waals surface area contributed by atoms with E-state index in [4.69, 9.17) is 9.72 Å². The fourth-order valence-electron chi connectivity index (χ4n) is 4.07. The number of morpholine rings is 1. The molecule has 0 aliphatic carbocycles. The van der Waals surface area contributed by atoms with Crippen molar-refractivity contribution in [3.05, 3.63) is 41.7 Å². The summed E-state index contributed by atoms with van der Waals surface area (Å²) in [6.45, 7) is 7.09. The molecule has 0 radical (unpaired) electrons. The largest absolute Gasteiger partial charge is 0.379 e. The second kappa shape index (κ2) is 10.8. The summed E-state index contributed by atoms with van der Waals surface area (Å²) in [6.07, 6.45) is 3.70. The van der Waals surface area contributed by atoms with Gasteiger partial charge in [0.1, 0.15) is 5.82 Å². The number of benzene rings is 1. The number of hydrogen-bond donors (Lipinski definition) is 1. The number of hydrogen-bond acceptors (Lipinski definition) is 7. The van der Waals surface area contributed by atoms with E-state index in [-0.39, 0.29) is 11.8 Å². The molecular weight excluding hydrogens is 398 g/mol. The Hall–Kier alpha value is -2.03. The molecule has 7 nitrogen and oxygen atoms in total.